The number of nitrogens with one attached hydrogen (secondary N) is 2. The highest BCUT2D eigenvalue weighted by molar-refractivity contribution is 6.04. The number of carbonyl (C=O) groups is 2. The normalized spacial score (nSPS) is 12.5. The van der Waals surface area contributed by atoms with Gasteiger partial charge in [0.05, 0.1) is 11.3 Å². The molecule has 0 aliphatic heterocycles. The first-order chi connectivity index (χ1) is 11.2. The average Bonchev–Trinajstić information content (AvgIpc) is 2.93. The third-order valence-corrected chi connectivity index (χ3v) is 3.36. The molecule has 1 heterocycles. The van der Waals surface area contributed by atoms with Gasteiger partial charge in [-0.15, -0.1) is 0 Å². The Labute approximate surface area is 140 Å². The summed E-state index contributed by atoms with van der Waals surface area (Å²) in [6.07, 6.45) is 0. The molecule has 1 atom stereocenters. The molecule has 0 unspecified atom stereocenters. The van der Waals surface area contributed by atoms with Crippen LogP contribution < -0.4 is 10.6 Å². The predicted molar refractivity (Wildman–Crippen MR) is 89.4 cm³/mol. The Bertz CT molecular complexity index is 746. The van der Waals surface area contributed by atoms with Crippen LogP contribution in [-0.2, 0) is 4.79 Å². The number of anilines is 1. The van der Waals surface area contributed by atoms with Gasteiger partial charge in [-0.25, -0.2) is 0 Å². The van der Waals surface area contributed by atoms with Crippen LogP contribution in [-0.4, -0.2) is 22.0 Å². The molecule has 0 radical (unpaired) electrons. The lowest BCUT2D eigenvalue weighted by Gasteiger charge is -2.19. The van der Waals surface area contributed by atoms with Gasteiger partial charge < -0.3 is 15.2 Å². The molecule has 0 bridgehead atoms. The van der Waals surface area contributed by atoms with E-state index < -0.39 is 11.5 Å². The monoisotopic (exact) mass is 330 g/mol. The highest BCUT2D eigenvalue weighted by Crippen LogP contribution is 2.21. The van der Waals surface area contributed by atoms with Crippen molar-refractivity contribution in [3.63, 3.8) is 0 Å². The average molecular weight is 330 g/mol. The first kappa shape index (κ1) is 17.7. The predicted octanol–water partition coefficient (Wildman–Crippen LogP) is 2.85. The van der Waals surface area contributed by atoms with E-state index in [2.05, 4.69) is 20.8 Å². The van der Waals surface area contributed by atoms with Gasteiger partial charge in [0, 0.05) is 5.41 Å². The molecule has 1 aromatic carbocycles. The number of amides is 2. The fraction of sp³-hybridized carbons (Fsp3) is 0.412. The number of carbonyl (C=O) groups excluding carboxylic acids is 2. The van der Waals surface area contributed by atoms with Crippen LogP contribution in [0, 0.1) is 12.3 Å². The Morgan fingerprint density at radius 2 is 1.88 bits per heavy atom. The third kappa shape index (κ3) is 4.18. The third-order valence-electron chi connectivity index (χ3n) is 3.36. The van der Waals surface area contributed by atoms with Crippen LogP contribution in [0.1, 0.15) is 55.8 Å². The zero-order valence-corrected chi connectivity index (χ0v) is 14.5. The maximum absolute atomic E-state index is 12.5. The highest BCUT2D eigenvalue weighted by atomic mass is 16.5. The van der Waals surface area contributed by atoms with Gasteiger partial charge in [-0.1, -0.05) is 38.1 Å². The molecular weight excluding hydrogens is 308 g/mol. The molecule has 2 N–H and O–H groups in total. The van der Waals surface area contributed by atoms with Gasteiger partial charge >= 0.3 is 0 Å². The van der Waals surface area contributed by atoms with Gasteiger partial charge in [0.2, 0.25) is 11.8 Å². The van der Waals surface area contributed by atoms with Crippen molar-refractivity contribution in [2.45, 2.75) is 40.7 Å². The first-order valence-corrected chi connectivity index (χ1v) is 7.70. The summed E-state index contributed by atoms with van der Waals surface area (Å²) < 4.78 is 5.06. The molecule has 0 saturated heterocycles. The van der Waals surface area contributed by atoms with Crippen LogP contribution in [0.25, 0.3) is 0 Å². The second-order valence-electron chi connectivity index (χ2n) is 6.62. The number of aromatic nitrogens is 2. The fourth-order valence-corrected chi connectivity index (χ4v) is 1.93. The largest absolute Gasteiger partial charge is 0.340 e. The summed E-state index contributed by atoms with van der Waals surface area (Å²) in [5.74, 6) is 0.340. The van der Waals surface area contributed by atoms with E-state index in [-0.39, 0.29) is 11.8 Å². The maximum atomic E-state index is 12.5. The van der Waals surface area contributed by atoms with E-state index in [1.54, 1.807) is 38.1 Å². The second kappa shape index (κ2) is 6.82. The zero-order valence-electron chi connectivity index (χ0n) is 14.5. The van der Waals surface area contributed by atoms with E-state index in [4.69, 9.17) is 4.52 Å². The molecule has 7 nitrogen and oxygen atoms in total. The number of hydrogen-bond acceptors (Lipinski definition) is 5. The lowest BCUT2D eigenvalue weighted by Crippen LogP contribution is -2.31. The zero-order chi connectivity index (χ0) is 17.9. The quantitative estimate of drug-likeness (QED) is 0.898. The molecule has 0 spiro atoms. The summed E-state index contributed by atoms with van der Waals surface area (Å²) in [7, 11) is 0. The summed E-state index contributed by atoms with van der Waals surface area (Å²) in [5, 5.41) is 9.30. The number of para-hydroxylation sites is 1. The molecule has 0 aliphatic rings. The van der Waals surface area contributed by atoms with Crippen molar-refractivity contribution in [2.24, 2.45) is 5.41 Å². The highest BCUT2D eigenvalue weighted by Gasteiger charge is 2.24. The van der Waals surface area contributed by atoms with Crippen LogP contribution in [0.15, 0.2) is 28.8 Å². The molecule has 2 amide bonds. The summed E-state index contributed by atoms with van der Waals surface area (Å²) in [4.78, 5) is 28.8. The van der Waals surface area contributed by atoms with E-state index in [9.17, 15) is 9.59 Å². The van der Waals surface area contributed by atoms with E-state index >= 15 is 0 Å². The van der Waals surface area contributed by atoms with Gasteiger partial charge in [0.1, 0.15) is 6.04 Å². The van der Waals surface area contributed by atoms with Gasteiger partial charge in [-0.3, -0.25) is 9.59 Å². The van der Waals surface area contributed by atoms with Crippen molar-refractivity contribution < 1.29 is 14.1 Å². The van der Waals surface area contributed by atoms with Gasteiger partial charge in [-0.2, -0.15) is 4.98 Å². The van der Waals surface area contributed by atoms with Crippen molar-refractivity contribution in [2.75, 3.05) is 5.32 Å². The minimum atomic E-state index is -0.557. The molecule has 0 fully saturated rings. The van der Waals surface area contributed by atoms with Crippen LogP contribution >= 0.6 is 0 Å². The number of rotatable bonds is 4. The molecule has 1 aromatic heterocycles. The molecule has 128 valence electrons. The Morgan fingerprint density at radius 3 is 2.46 bits per heavy atom. The molecule has 2 rings (SSSR count). The molecule has 0 saturated carbocycles. The van der Waals surface area contributed by atoms with E-state index in [1.165, 1.54) is 0 Å². The van der Waals surface area contributed by atoms with Crippen LogP contribution in [0.4, 0.5) is 5.69 Å². The summed E-state index contributed by atoms with van der Waals surface area (Å²) in [6, 6.07) is 6.41. The summed E-state index contributed by atoms with van der Waals surface area (Å²) in [6.45, 7) is 8.89. The smallest absolute Gasteiger partial charge is 0.254 e. The maximum Gasteiger partial charge on any atom is 0.254 e. The topological polar surface area (TPSA) is 97.1 Å². The first-order valence-electron chi connectivity index (χ1n) is 7.70. The number of hydrogen-bond donors (Lipinski definition) is 2. The lowest BCUT2D eigenvalue weighted by atomic mass is 9.95. The minimum absolute atomic E-state index is 0.164. The minimum Gasteiger partial charge on any atom is -0.340 e. The van der Waals surface area contributed by atoms with E-state index in [0.29, 0.717) is 23.0 Å². The van der Waals surface area contributed by atoms with Crippen molar-refractivity contribution in [1.29, 1.82) is 0 Å². The van der Waals surface area contributed by atoms with Crippen molar-refractivity contribution in [1.82, 2.24) is 15.5 Å². The molecule has 2 aromatic rings. The van der Waals surface area contributed by atoms with Crippen LogP contribution in [0.5, 0.6) is 0 Å². The number of nitrogens with zero attached hydrogens (tertiary/aromatic N) is 2. The molecule has 24 heavy (non-hydrogen) atoms. The Morgan fingerprint density at radius 1 is 1.21 bits per heavy atom. The van der Waals surface area contributed by atoms with Crippen molar-refractivity contribution >= 4 is 17.5 Å². The Hall–Kier alpha value is -2.70. The van der Waals surface area contributed by atoms with Gasteiger partial charge in [0.25, 0.3) is 5.91 Å². The fourth-order valence-electron chi connectivity index (χ4n) is 1.93. The summed E-state index contributed by atoms with van der Waals surface area (Å²) >= 11 is 0. The Balaban J connectivity index is 2.16. The summed E-state index contributed by atoms with van der Waals surface area (Å²) in [5.41, 5.74) is 0.278. The van der Waals surface area contributed by atoms with Crippen molar-refractivity contribution in [3.8, 4) is 0 Å². The lowest BCUT2D eigenvalue weighted by molar-refractivity contribution is -0.123. The van der Waals surface area contributed by atoms with E-state index in [1.807, 2.05) is 20.8 Å². The van der Waals surface area contributed by atoms with Crippen molar-refractivity contribution in [3.05, 3.63) is 41.5 Å². The van der Waals surface area contributed by atoms with Crippen LogP contribution in [0.2, 0.25) is 0 Å². The Kier molecular flexibility index (Phi) is 5.02. The molecule has 0 aliphatic carbocycles. The van der Waals surface area contributed by atoms with Crippen LogP contribution in [0.3, 0.4) is 0 Å². The van der Waals surface area contributed by atoms with Gasteiger partial charge in [0.15, 0.2) is 5.82 Å². The van der Waals surface area contributed by atoms with Gasteiger partial charge in [-0.05, 0) is 26.0 Å². The number of benzene rings is 1. The molecule has 7 heteroatoms. The SMILES string of the molecule is Cc1noc([C@H](C)NC(=O)c2ccccc2NC(=O)C(C)(C)C)n1. The second-order valence-corrected chi connectivity index (χ2v) is 6.62. The number of aryl methyl sites for hydroxylation is 1. The standard InChI is InChI=1S/C17H22N4O3/c1-10(15-19-11(2)21-24-15)18-14(22)12-8-6-7-9-13(12)20-16(23)17(3,4)5/h6-10H,1-5H3,(H,18,22)(H,20,23)/t10-/m0/s1. The van der Waals surface area contributed by atoms with E-state index in [0.717, 1.165) is 0 Å². The molecular formula is C17H22N4O3.